The van der Waals surface area contributed by atoms with Gasteiger partial charge in [-0.1, -0.05) is 50.4 Å². The number of aromatic nitrogens is 2. The van der Waals surface area contributed by atoms with E-state index in [1.165, 1.54) is 43.4 Å². The fraction of sp³-hybridized carbons (Fsp3) is 0.562. The van der Waals surface area contributed by atoms with Crippen LogP contribution in [-0.2, 0) is 6.42 Å². The summed E-state index contributed by atoms with van der Waals surface area (Å²) in [5.41, 5.74) is 0. The predicted molar refractivity (Wildman–Crippen MR) is 88.4 cm³/mol. The monoisotopic (exact) mass is 321 g/mol. The smallest absolute Gasteiger partial charge is 0.293 e. The largest absolute Gasteiger partial charge is 0.456 e. The maximum absolute atomic E-state index is 11.9. The molecule has 5 nitrogen and oxygen atoms in total. The fourth-order valence-electron chi connectivity index (χ4n) is 2.18. The molecule has 0 bridgehead atoms. The summed E-state index contributed by atoms with van der Waals surface area (Å²) in [6.45, 7) is 4.03. The van der Waals surface area contributed by atoms with Crippen LogP contribution in [0, 0.1) is 6.92 Å². The molecule has 0 spiro atoms. The Morgan fingerprint density at radius 2 is 1.95 bits per heavy atom. The Bertz CT molecular complexity index is 592. The van der Waals surface area contributed by atoms with Crippen LogP contribution in [0.1, 0.15) is 66.8 Å². The van der Waals surface area contributed by atoms with Crippen LogP contribution in [-0.4, -0.2) is 16.1 Å². The van der Waals surface area contributed by atoms with Crippen molar-refractivity contribution in [2.24, 2.45) is 0 Å². The van der Waals surface area contributed by atoms with E-state index in [1.54, 1.807) is 19.1 Å². The molecule has 120 valence electrons. The van der Waals surface area contributed by atoms with Crippen molar-refractivity contribution in [2.45, 2.75) is 58.8 Å². The number of carbonyl (C=O) groups excluding carboxylic acids is 1. The number of carbonyl (C=O) groups is 1. The number of nitrogens with zero attached hydrogens (tertiary/aromatic N) is 2. The molecular weight excluding hydrogens is 298 g/mol. The van der Waals surface area contributed by atoms with Gasteiger partial charge in [0, 0.05) is 6.42 Å². The predicted octanol–water partition coefficient (Wildman–Crippen LogP) is 4.59. The first-order valence-corrected chi connectivity index (χ1v) is 8.71. The summed E-state index contributed by atoms with van der Waals surface area (Å²) in [5, 5.41) is 12.4. The number of unbranched alkanes of at least 4 members (excludes halogenated alkanes) is 5. The van der Waals surface area contributed by atoms with Gasteiger partial charge in [-0.05, 0) is 25.5 Å². The number of hydrogen-bond acceptors (Lipinski definition) is 5. The van der Waals surface area contributed by atoms with Gasteiger partial charge in [0.15, 0.2) is 5.76 Å². The van der Waals surface area contributed by atoms with Gasteiger partial charge in [-0.25, -0.2) is 0 Å². The van der Waals surface area contributed by atoms with Crippen LogP contribution in [0.25, 0.3) is 0 Å². The molecule has 0 unspecified atom stereocenters. The number of aryl methyl sites for hydroxylation is 2. The number of furan rings is 1. The zero-order valence-corrected chi connectivity index (χ0v) is 14.0. The van der Waals surface area contributed by atoms with Crippen molar-refractivity contribution in [3.8, 4) is 0 Å². The molecule has 1 amide bonds. The molecule has 2 rings (SSSR count). The molecule has 0 aliphatic carbocycles. The van der Waals surface area contributed by atoms with Crippen LogP contribution in [0.2, 0.25) is 0 Å². The molecule has 0 fully saturated rings. The molecular formula is C16H23N3O2S. The standard InChI is InChI=1S/C16H23N3O2S/c1-3-4-5-6-7-8-9-14-18-19-16(22-14)17-15(20)13-11-10-12(2)21-13/h10-11H,3-9H2,1-2H3,(H,17,19,20). The summed E-state index contributed by atoms with van der Waals surface area (Å²) in [5.74, 6) is 0.728. The highest BCUT2D eigenvalue weighted by Gasteiger charge is 2.13. The molecule has 6 heteroatoms. The minimum atomic E-state index is -0.282. The fourth-order valence-corrected chi connectivity index (χ4v) is 2.95. The molecule has 0 aliphatic heterocycles. The van der Waals surface area contributed by atoms with Gasteiger partial charge in [0.25, 0.3) is 5.91 Å². The number of hydrogen-bond donors (Lipinski definition) is 1. The SMILES string of the molecule is CCCCCCCCc1nnc(NC(=O)c2ccc(C)o2)s1. The van der Waals surface area contributed by atoms with Crippen molar-refractivity contribution in [1.29, 1.82) is 0 Å². The summed E-state index contributed by atoms with van der Waals surface area (Å²) < 4.78 is 5.28. The van der Waals surface area contributed by atoms with E-state index < -0.39 is 0 Å². The average molecular weight is 321 g/mol. The Labute approximate surface area is 135 Å². The Kier molecular flexibility index (Phi) is 6.58. The van der Waals surface area contributed by atoms with Gasteiger partial charge < -0.3 is 4.42 Å². The number of nitrogens with one attached hydrogen (secondary N) is 1. The highest BCUT2D eigenvalue weighted by atomic mass is 32.1. The summed E-state index contributed by atoms with van der Waals surface area (Å²) >= 11 is 1.44. The molecule has 0 saturated carbocycles. The van der Waals surface area contributed by atoms with Gasteiger partial charge in [-0.15, -0.1) is 10.2 Å². The molecule has 22 heavy (non-hydrogen) atoms. The van der Waals surface area contributed by atoms with Crippen LogP contribution in [0.15, 0.2) is 16.5 Å². The van der Waals surface area contributed by atoms with E-state index in [-0.39, 0.29) is 5.91 Å². The van der Waals surface area contributed by atoms with Crippen molar-refractivity contribution >= 4 is 22.4 Å². The van der Waals surface area contributed by atoms with Gasteiger partial charge in [0.2, 0.25) is 5.13 Å². The number of rotatable bonds is 9. The zero-order chi connectivity index (χ0) is 15.8. The molecule has 1 N–H and O–H groups in total. The van der Waals surface area contributed by atoms with E-state index in [0.29, 0.717) is 16.7 Å². The molecule has 0 aliphatic rings. The van der Waals surface area contributed by atoms with E-state index in [0.717, 1.165) is 17.8 Å². The van der Waals surface area contributed by atoms with Gasteiger partial charge >= 0.3 is 0 Å². The van der Waals surface area contributed by atoms with Crippen molar-refractivity contribution in [3.05, 3.63) is 28.7 Å². The van der Waals surface area contributed by atoms with Crippen LogP contribution >= 0.6 is 11.3 Å². The summed E-state index contributed by atoms with van der Waals surface area (Å²) in [7, 11) is 0. The number of amides is 1. The van der Waals surface area contributed by atoms with Crippen molar-refractivity contribution in [3.63, 3.8) is 0 Å². The zero-order valence-electron chi connectivity index (χ0n) is 13.2. The van der Waals surface area contributed by atoms with Gasteiger partial charge in [0.1, 0.15) is 10.8 Å². The second-order valence-electron chi connectivity index (χ2n) is 5.38. The van der Waals surface area contributed by atoms with E-state index in [1.807, 2.05) is 0 Å². The lowest BCUT2D eigenvalue weighted by Crippen LogP contribution is -2.10. The Balaban J connectivity index is 1.73. The third-order valence-corrected chi connectivity index (χ3v) is 4.29. The van der Waals surface area contributed by atoms with Crippen molar-refractivity contribution < 1.29 is 9.21 Å². The molecule has 0 radical (unpaired) electrons. The first-order chi connectivity index (χ1) is 10.7. The molecule has 0 atom stereocenters. The number of anilines is 1. The van der Waals surface area contributed by atoms with Gasteiger partial charge in [-0.3, -0.25) is 10.1 Å². The molecule has 2 heterocycles. The molecule has 2 aromatic rings. The maximum Gasteiger partial charge on any atom is 0.293 e. The first-order valence-electron chi connectivity index (χ1n) is 7.89. The summed E-state index contributed by atoms with van der Waals surface area (Å²) in [6.07, 6.45) is 8.48. The topological polar surface area (TPSA) is 68.0 Å². The second-order valence-corrected chi connectivity index (χ2v) is 6.45. The van der Waals surface area contributed by atoms with Crippen LogP contribution in [0.3, 0.4) is 0 Å². The Hall–Kier alpha value is -1.69. The van der Waals surface area contributed by atoms with E-state index >= 15 is 0 Å². The maximum atomic E-state index is 11.9. The quantitative estimate of drug-likeness (QED) is 0.686. The highest BCUT2D eigenvalue weighted by molar-refractivity contribution is 7.15. The van der Waals surface area contributed by atoms with E-state index in [2.05, 4.69) is 22.4 Å². The average Bonchev–Trinajstić information content (AvgIpc) is 3.12. The molecule has 2 aromatic heterocycles. The van der Waals surface area contributed by atoms with Crippen LogP contribution in [0.5, 0.6) is 0 Å². The summed E-state index contributed by atoms with van der Waals surface area (Å²) in [4.78, 5) is 11.9. The van der Waals surface area contributed by atoms with Crippen molar-refractivity contribution in [2.75, 3.05) is 5.32 Å². The Morgan fingerprint density at radius 1 is 1.18 bits per heavy atom. The normalized spacial score (nSPS) is 10.8. The minimum Gasteiger partial charge on any atom is -0.456 e. The molecule has 0 saturated heterocycles. The van der Waals surface area contributed by atoms with Gasteiger partial charge in [0.05, 0.1) is 0 Å². The summed E-state index contributed by atoms with van der Waals surface area (Å²) in [6, 6.07) is 3.42. The minimum absolute atomic E-state index is 0.282. The van der Waals surface area contributed by atoms with E-state index in [4.69, 9.17) is 4.42 Å². The second kappa shape index (κ2) is 8.68. The lowest BCUT2D eigenvalue weighted by molar-refractivity contribution is 0.0995. The van der Waals surface area contributed by atoms with E-state index in [9.17, 15) is 4.79 Å². The Morgan fingerprint density at radius 3 is 2.68 bits per heavy atom. The lowest BCUT2D eigenvalue weighted by atomic mass is 10.1. The first kappa shape index (κ1) is 16.7. The van der Waals surface area contributed by atoms with Crippen LogP contribution < -0.4 is 5.32 Å². The lowest BCUT2D eigenvalue weighted by Gasteiger charge is -1.98. The molecule has 0 aromatic carbocycles. The van der Waals surface area contributed by atoms with Crippen LogP contribution in [0.4, 0.5) is 5.13 Å². The third kappa shape index (κ3) is 5.26. The van der Waals surface area contributed by atoms with Crippen molar-refractivity contribution in [1.82, 2.24) is 10.2 Å². The van der Waals surface area contributed by atoms with Gasteiger partial charge in [-0.2, -0.15) is 0 Å². The highest BCUT2D eigenvalue weighted by Crippen LogP contribution is 2.19. The third-order valence-electron chi connectivity index (χ3n) is 3.40.